The van der Waals surface area contributed by atoms with Crippen LogP contribution in [-0.4, -0.2) is 30.3 Å². The summed E-state index contributed by atoms with van der Waals surface area (Å²) in [6, 6.07) is 4.34. The maximum Gasteiger partial charge on any atom is 0.305 e. The van der Waals surface area contributed by atoms with Crippen LogP contribution >= 0.6 is 0 Å². The van der Waals surface area contributed by atoms with Gasteiger partial charge >= 0.3 is 5.97 Å². The summed E-state index contributed by atoms with van der Waals surface area (Å²) < 4.78 is 19.0. The molecule has 0 radical (unpaired) electrons. The van der Waals surface area contributed by atoms with Crippen LogP contribution in [0.5, 0.6) is 5.75 Å². The van der Waals surface area contributed by atoms with Crippen molar-refractivity contribution in [3.63, 3.8) is 0 Å². The van der Waals surface area contributed by atoms with E-state index in [2.05, 4.69) is 0 Å². The van der Waals surface area contributed by atoms with Gasteiger partial charge in [-0.15, -0.1) is 0 Å². The van der Waals surface area contributed by atoms with Crippen LogP contribution in [0.4, 0.5) is 10.1 Å². The van der Waals surface area contributed by atoms with Crippen molar-refractivity contribution in [2.45, 2.75) is 25.9 Å². The van der Waals surface area contributed by atoms with Gasteiger partial charge in [0.05, 0.1) is 18.7 Å². The molecule has 5 heteroatoms. The molecule has 4 nitrogen and oxygen atoms in total. The van der Waals surface area contributed by atoms with E-state index >= 15 is 0 Å². The Bertz CT molecular complexity index is 450. The number of fused-ring (bicyclic) bond motifs is 1. The summed E-state index contributed by atoms with van der Waals surface area (Å²) in [5.41, 5.74) is 0.640. The molecular weight excluding hydrogens is 237 g/mol. The molecule has 1 heterocycles. The topological polar surface area (TPSA) is 49.8 Å². The molecule has 0 aromatic heterocycles. The summed E-state index contributed by atoms with van der Waals surface area (Å²) in [5, 5.41) is 8.74. The lowest BCUT2D eigenvalue weighted by molar-refractivity contribution is -0.136. The summed E-state index contributed by atoms with van der Waals surface area (Å²) in [6.45, 7) is 2.97. The van der Waals surface area contributed by atoms with Gasteiger partial charge in [0.1, 0.15) is 17.7 Å². The molecule has 0 aliphatic carbocycles. The molecule has 1 aromatic rings. The fourth-order valence-corrected chi connectivity index (χ4v) is 2.05. The highest BCUT2D eigenvalue weighted by Gasteiger charge is 2.25. The van der Waals surface area contributed by atoms with E-state index in [1.165, 1.54) is 12.1 Å². The van der Waals surface area contributed by atoms with Crippen LogP contribution < -0.4 is 9.64 Å². The normalized spacial score (nSPS) is 18.1. The Morgan fingerprint density at radius 3 is 3.06 bits per heavy atom. The van der Waals surface area contributed by atoms with Crippen molar-refractivity contribution >= 4 is 11.7 Å². The van der Waals surface area contributed by atoms with Crippen molar-refractivity contribution in [2.75, 3.05) is 18.0 Å². The van der Waals surface area contributed by atoms with Crippen LogP contribution in [-0.2, 0) is 4.79 Å². The van der Waals surface area contributed by atoms with E-state index in [-0.39, 0.29) is 18.3 Å². The molecule has 0 saturated carbocycles. The zero-order chi connectivity index (χ0) is 13.1. The second-order valence-corrected chi connectivity index (χ2v) is 4.35. The zero-order valence-electron chi connectivity index (χ0n) is 10.2. The molecule has 0 saturated heterocycles. The first-order valence-corrected chi connectivity index (χ1v) is 6.03. The van der Waals surface area contributed by atoms with Crippen molar-refractivity contribution in [1.82, 2.24) is 0 Å². The summed E-state index contributed by atoms with van der Waals surface area (Å²) in [7, 11) is 0. The first-order chi connectivity index (χ1) is 8.60. The number of benzene rings is 1. The van der Waals surface area contributed by atoms with Gasteiger partial charge in [0.2, 0.25) is 0 Å². The third-order valence-corrected chi connectivity index (χ3v) is 3.03. The number of aliphatic carboxylic acids is 1. The third kappa shape index (κ3) is 2.72. The molecular formula is C13H16FNO3. The smallest absolute Gasteiger partial charge is 0.305 e. The van der Waals surface area contributed by atoms with Crippen LogP contribution in [0.1, 0.15) is 19.8 Å². The van der Waals surface area contributed by atoms with Gasteiger partial charge in [-0.2, -0.15) is 0 Å². The summed E-state index contributed by atoms with van der Waals surface area (Å²) in [5.74, 6) is -0.569. The second-order valence-electron chi connectivity index (χ2n) is 4.35. The lowest BCUT2D eigenvalue weighted by Crippen LogP contribution is -2.40. The Balaban J connectivity index is 2.23. The quantitative estimate of drug-likeness (QED) is 0.894. The van der Waals surface area contributed by atoms with E-state index in [9.17, 15) is 9.18 Å². The van der Waals surface area contributed by atoms with Crippen LogP contribution in [0.2, 0.25) is 0 Å². The van der Waals surface area contributed by atoms with E-state index < -0.39 is 5.97 Å². The van der Waals surface area contributed by atoms with Gasteiger partial charge in [0.25, 0.3) is 0 Å². The molecule has 0 fully saturated rings. The lowest BCUT2D eigenvalue weighted by Gasteiger charge is -2.35. The average molecular weight is 253 g/mol. The number of nitrogens with zero attached hydrogens (tertiary/aromatic N) is 1. The predicted molar refractivity (Wildman–Crippen MR) is 65.6 cm³/mol. The Morgan fingerprint density at radius 2 is 2.39 bits per heavy atom. The number of halogens is 1. The minimum atomic E-state index is -0.854. The van der Waals surface area contributed by atoms with E-state index in [4.69, 9.17) is 9.84 Å². The first kappa shape index (κ1) is 12.7. The first-order valence-electron chi connectivity index (χ1n) is 6.03. The monoisotopic (exact) mass is 253 g/mol. The maximum absolute atomic E-state index is 13.2. The number of carboxylic acids is 1. The van der Waals surface area contributed by atoms with Gasteiger partial charge in [0, 0.05) is 12.6 Å². The van der Waals surface area contributed by atoms with Gasteiger partial charge in [-0.1, -0.05) is 6.92 Å². The molecule has 0 bridgehead atoms. The zero-order valence-corrected chi connectivity index (χ0v) is 10.2. The largest absolute Gasteiger partial charge is 0.486 e. The van der Waals surface area contributed by atoms with E-state index in [1.807, 2.05) is 11.8 Å². The average Bonchev–Trinajstić information content (AvgIpc) is 2.35. The van der Waals surface area contributed by atoms with Crippen molar-refractivity contribution in [3.8, 4) is 5.75 Å². The Kier molecular flexibility index (Phi) is 3.69. The molecule has 1 N–H and O–H groups in total. The Morgan fingerprint density at radius 1 is 1.61 bits per heavy atom. The fraction of sp³-hybridized carbons (Fsp3) is 0.462. The molecule has 18 heavy (non-hydrogen) atoms. The maximum atomic E-state index is 13.2. The highest BCUT2D eigenvalue weighted by molar-refractivity contribution is 5.68. The summed E-state index contributed by atoms with van der Waals surface area (Å²) in [4.78, 5) is 12.5. The predicted octanol–water partition coefficient (Wildman–Crippen LogP) is 2.28. The van der Waals surface area contributed by atoms with Gasteiger partial charge in [0.15, 0.2) is 0 Å². The third-order valence-electron chi connectivity index (χ3n) is 3.03. The number of rotatable bonds is 4. The lowest BCUT2D eigenvalue weighted by atomic mass is 10.1. The number of carbonyl (C=O) groups is 1. The minimum absolute atomic E-state index is 0.0248. The second kappa shape index (κ2) is 5.25. The van der Waals surface area contributed by atoms with E-state index in [0.717, 1.165) is 6.42 Å². The molecule has 1 aromatic carbocycles. The number of anilines is 1. The van der Waals surface area contributed by atoms with E-state index in [1.54, 1.807) is 6.07 Å². The Labute approximate surface area is 105 Å². The molecule has 1 atom stereocenters. The number of hydrogen-bond acceptors (Lipinski definition) is 3. The van der Waals surface area contributed by atoms with Crippen molar-refractivity contribution < 1.29 is 19.0 Å². The van der Waals surface area contributed by atoms with Gasteiger partial charge in [-0.25, -0.2) is 4.39 Å². The van der Waals surface area contributed by atoms with E-state index in [0.29, 0.717) is 24.5 Å². The molecule has 0 amide bonds. The van der Waals surface area contributed by atoms with Gasteiger partial charge in [-0.3, -0.25) is 4.79 Å². The van der Waals surface area contributed by atoms with Crippen LogP contribution in [0.25, 0.3) is 0 Å². The SMILES string of the molecule is CCC1CN(CCC(=O)O)c2cc(F)ccc2O1. The van der Waals surface area contributed by atoms with Crippen molar-refractivity contribution in [1.29, 1.82) is 0 Å². The summed E-state index contributed by atoms with van der Waals surface area (Å²) in [6.07, 6.45) is 0.893. The fourth-order valence-electron chi connectivity index (χ4n) is 2.05. The van der Waals surface area contributed by atoms with Gasteiger partial charge in [-0.05, 0) is 18.6 Å². The number of ether oxygens (including phenoxy) is 1. The molecule has 0 spiro atoms. The Hall–Kier alpha value is -1.78. The molecule has 1 unspecified atom stereocenters. The van der Waals surface area contributed by atoms with Crippen LogP contribution in [0.3, 0.4) is 0 Å². The molecule has 98 valence electrons. The molecule has 2 rings (SSSR count). The molecule has 1 aliphatic rings. The van der Waals surface area contributed by atoms with Crippen LogP contribution in [0, 0.1) is 5.82 Å². The summed E-state index contributed by atoms with van der Waals surface area (Å²) >= 11 is 0. The number of hydrogen-bond donors (Lipinski definition) is 1. The standard InChI is InChI=1S/C13H16FNO3/c1-2-10-8-15(6-5-13(16)17)11-7-9(14)3-4-12(11)18-10/h3-4,7,10H,2,5-6,8H2,1H3,(H,16,17). The molecule has 1 aliphatic heterocycles. The highest BCUT2D eigenvalue weighted by atomic mass is 19.1. The number of carboxylic acid groups (broad SMARTS) is 1. The highest BCUT2D eigenvalue weighted by Crippen LogP contribution is 2.34. The van der Waals surface area contributed by atoms with Crippen molar-refractivity contribution in [2.24, 2.45) is 0 Å². The van der Waals surface area contributed by atoms with Crippen molar-refractivity contribution in [3.05, 3.63) is 24.0 Å². The van der Waals surface area contributed by atoms with Crippen LogP contribution in [0.15, 0.2) is 18.2 Å². The minimum Gasteiger partial charge on any atom is -0.486 e. The van der Waals surface area contributed by atoms with Gasteiger partial charge < -0.3 is 14.7 Å².